The van der Waals surface area contributed by atoms with E-state index in [9.17, 15) is 9.59 Å². The van der Waals surface area contributed by atoms with Gasteiger partial charge < -0.3 is 33.6 Å². The fraction of sp³-hybridized carbons (Fsp3) is 0.125. The third kappa shape index (κ3) is 12.0. The largest absolute Gasteiger partial charge is 0.369 e. The van der Waals surface area contributed by atoms with Crippen LogP contribution >= 0.6 is 15.9 Å². The van der Waals surface area contributed by atoms with Gasteiger partial charge in [0.2, 0.25) is 23.8 Å². The molecule has 18 N–H and O–H groups in total. The Morgan fingerprint density at radius 2 is 0.792 bits per heavy atom. The first kappa shape index (κ1) is 40.3. The summed E-state index contributed by atoms with van der Waals surface area (Å²) in [6, 6.07) is 14.7. The summed E-state index contributed by atoms with van der Waals surface area (Å²) in [5.74, 6) is -2.57. The maximum atomic E-state index is 13.7. The van der Waals surface area contributed by atoms with Crippen LogP contribution in [0.15, 0.2) is 79.5 Å². The van der Waals surface area contributed by atoms with Gasteiger partial charge in [0.05, 0.1) is 34.0 Å². The first-order chi connectivity index (χ1) is 24.9. The van der Waals surface area contributed by atoms with Crippen molar-refractivity contribution in [3.05, 3.63) is 92.5 Å². The summed E-state index contributed by atoms with van der Waals surface area (Å²) < 4.78 is 0.210. The first-order valence-electron chi connectivity index (χ1n) is 15.2. The lowest BCUT2D eigenvalue weighted by Crippen LogP contribution is -2.27. The second kappa shape index (κ2) is 18.2. The Bertz CT molecular complexity index is 1860. The van der Waals surface area contributed by atoms with Crippen LogP contribution in [0.4, 0.5) is 11.4 Å². The van der Waals surface area contributed by atoms with Gasteiger partial charge in [0.1, 0.15) is 0 Å². The number of nitrogens with zero attached hydrogens (tertiary/aromatic N) is 4. The Kier molecular flexibility index (Phi) is 13.8. The van der Waals surface area contributed by atoms with Crippen molar-refractivity contribution >= 4 is 85.8 Å². The van der Waals surface area contributed by atoms with Gasteiger partial charge in [0, 0.05) is 38.1 Å². The molecule has 2 amide bonds. The second-order valence-electron chi connectivity index (χ2n) is 11.1. The van der Waals surface area contributed by atoms with E-state index >= 15 is 0 Å². The first-order valence-corrected chi connectivity index (χ1v) is 16.0. The minimum absolute atomic E-state index is 0.142. The minimum atomic E-state index is -0.554. The smallest absolute Gasteiger partial charge is 0.256 e. The van der Waals surface area contributed by atoms with Crippen molar-refractivity contribution in [2.24, 2.45) is 43.3 Å². The summed E-state index contributed by atoms with van der Waals surface area (Å²) in [5, 5.41) is 51.6. The zero-order valence-corrected chi connectivity index (χ0v) is 30.6. The molecule has 0 fully saturated rings. The highest BCUT2D eigenvalue weighted by Gasteiger charge is 2.19. The number of nitrogens with one attached hydrogen (secondary N) is 10. The quantitative estimate of drug-likeness (QED) is 0.0717. The summed E-state index contributed by atoms with van der Waals surface area (Å²) in [7, 11) is 0. The highest BCUT2D eigenvalue weighted by atomic mass is 79.9. The zero-order chi connectivity index (χ0) is 39.4. The molecule has 20 nitrogen and oxygen atoms in total. The molecule has 0 spiro atoms. The third-order valence-electron chi connectivity index (χ3n) is 6.92. The average molecular weight is 788 g/mol. The highest BCUT2D eigenvalue weighted by Crippen LogP contribution is 2.26. The minimum Gasteiger partial charge on any atom is -0.369 e. The summed E-state index contributed by atoms with van der Waals surface area (Å²) in [5.41, 5.74) is 35.9. The molecule has 53 heavy (non-hydrogen) atoms. The molecular weight excluding hydrogens is 748 g/mol. The molecule has 0 unspecified atom stereocenters. The lowest BCUT2D eigenvalue weighted by molar-refractivity contribution is 0.102. The van der Waals surface area contributed by atoms with Crippen molar-refractivity contribution in [1.29, 1.82) is 21.6 Å². The molecular formula is C32H39BrN18O2. The molecule has 0 atom stereocenters. The fourth-order valence-electron chi connectivity index (χ4n) is 4.35. The predicted octanol–water partition coefficient (Wildman–Crippen LogP) is 1.78. The van der Waals surface area contributed by atoms with Crippen LogP contribution in [0.1, 0.15) is 70.7 Å². The predicted molar refractivity (Wildman–Crippen MR) is 212 cm³/mol. The molecule has 0 saturated heterocycles. The molecule has 276 valence electrons. The van der Waals surface area contributed by atoms with Gasteiger partial charge in [-0.1, -0.05) is 6.07 Å². The van der Waals surface area contributed by atoms with E-state index in [1.165, 1.54) is 12.1 Å². The normalized spacial score (nSPS) is 11.9. The molecule has 3 rings (SSSR count). The van der Waals surface area contributed by atoms with Gasteiger partial charge in [-0.3, -0.25) is 31.2 Å². The fourth-order valence-corrected chi connectivity index (χ4v) is 4.97. The van der Waals surface area contributed by atoms with Crippen LogP contribution in [0.5, 0.6) is 0 Å². The van der Waals surface area contributed by atoms with Gasteiger partial charge in [-0.2, -0.15) is 20.4 Å². The van der Waals surface area contributed by atoms with E-state index < -0.39 is 11.8 Å². The monoisotopic (exact) mass is 786 g/mol. The molecule has 0 heterocycles. The maximum Gasteiger partial charge on any atom is 0.256 e. The maximum absolute atomic E-state index is 13.7. The molecule has 0 radical (unpaired) electrons. The number of amides is 2. The van der Waals surface area contributed by atoms with Gasteiger partial charge in [-0.15, -0.1) is 0 Å². The van der Waals surface area contributed by atoms with E-state index in [2.05, 4.69) is 68.7 Å². The average Bonchev–Trinajstić information content (AvgIpc) is 3.10. The van der Waals surface area contributed by atoms with Gasteiger partial charge in [0.15, 0.2) is 0 Å². The Morgan fingerprint density at radius 1 is 0.528 bits per heavy atom. The van der Waals surface area contributed by atoms with E-state index in [1.54, 1.807) is 70.2 Å². The van der Waals surface area contributed by atoms with E-state index in [0.29, 0.717) is 56.5 Å². The summed E-state index contributed by atoms with van der Waals surface area (Å²) >= 11 is 3.44. The van der Waals surface area contributed by atoms with E-state index in [0.717, 1.165) is 0 Å². The molecule has 3 aromatic rings. The number of halogens is 1. The zero-order valence-electron chi connectivity index (χ0n) is 29.0. The second-order valence-corrected chi connectivity index (χ2v) is 11.9. The van der Waals surface area contributed by atoms with Crippen LogP contribution in [0.25, 0.3) is 0 Å². The number of rotatable bonds is 12. The number of carbonyl (C=O) groups is 2. The van der Waals surface area contributed by atoms with Gasteiger partial charge >= 0.3 is 0 Å². The third-order valence-corrected chi connectivity index (χ3v) is 7.77. The standard InChI is InChI=1S/C32H39BrN18O2/c1-14(44-48-29(34)35)18-8-19(15(2)45-49-30(36)37)11-22(10-18)42-27(52)24-6-5-7-25(26(24)33)28(53)43-23-12-20(16(3)46-50-31(38)39)9-21(13-23)17(4)47-51-32(40)41/h5-13H,1-4H3,(H,42,52)(H,43,53)(H4,34,35,48)(H4,36,37,49)(H4,38,39,50)(H4,40,41,51)/b44-14-,45-15-,46-16-,47-17+. The number of nitrogens with two attached hydrogens (primary N) is 4. The van der Waals surface area contributed by atoms with Gasteiger partial charge in [0.25, 0.3) is 11.8 Å². The van der Waals surface area contributed by atoms with Crippen molar-refractivity contribution in [3.8, 4) is 0 Å². The van der Waals surface area contributed by atoms with Crippen LogP contribution < -0.4 is 55.3 Å². The Balaban J connectivity index is 2.00. The summed E-state index contributed by atoms with van der Waals surface area (Å²) in [6.07, 6.45) is 0. The van der Waals surface area contributed by atoms with Gasteiger partial charge in [-0.05, 0) is 92.2 Å². The van der Waals surface area contributed by atoms with E-state index in [1.807, 2.05) is 0 Å². The highest BCUT2D eigenvalue weighted by molar-refractivity contribution is 9.10. The number of guanidine groups is 4. The van der Waals surface area contributed by atoms with Crippen LogP contribution in [0, 0.1) is 21.6 Å². The molecule has 0 aliphatic heterocycles. The summed E-state index contributed by atoms with van der Waals surface area (Å²) in [4.78, 5) is 27.4. The number of benzene rings is 3. The Labute approximate surface area is 312 Å². The Morgan fingerprint density at radius 3 is 1.04 bits per heavy atom. The van der Waals surface area contributed by atoms with E-state index in [-0.39, 0.29) is 39.4 Å². The summed E-state index contributed by atoms with van der Waals surface area (Å²) in [6.45, 7) is 6.69. The molecule has 21 heteroatoms. The molecule has 0 saturated carbocycles. The number of hydrogen-bond donors (Lipinski definition) is 14. The molecule has 0 bridgehead atoms. The lowest BCUT2D eigenvalue weighted by atomic mass is 10.0. The lowest BCUT2D eigenvalue weighted by Gasteiger charge is -2.14. The number of carbonyl (C=O) groups excluding carboxylic acids is 2. The number of hydrogen-bond acceptors (Lipinski definition) is 10. The molecule has 0 aliphatic carbocycles. The number of anilines is 2. The van der Waals surface area contributed by atoms with Crippen molar-refractivity contribution in [2.75, 3.05) is 10.6 Å². The Hall–Kier alpha value is -7.16. The van der Waals surface area contributed by atoms with E-state index in [4.69, 9.17) is 44.6 Å². The SMILES string of the molecule is C/C(=N/NC(=N)N)c1cc(NC(=O)c2cccc(C(=O)Nc3cc(/C(C)=N\NC(=N)N)cc(/C(C)=N/NC(=N)N)c3)c2Br)cc(/C(C)=N\NC(=N)N)c1. The topological polar surface area (TPSA) is 355 Å². The van der Waals surface area contributed by atoms with Crippen LogP contribution in [-0.4, -0.2) is 58.5 Å². The molecule has 0 aromatic heterocycles. The van der Waals surface area contributed by atoms with Gasteiger partial charge in [-0.25, -0.2) is 21.7 Å². The van der Waals surface area contributed by atoms with Crippen molar-refractivity contribution < 1.29 is 9.59 Å². The van der Waals surface area contributed by atoms with Crippen LogP contribution in [0.3, 0.4) is 0 Å². The van der Waals surface area contributed by atoms with Crippen LogP contribution in [-0.2, 0) is 0 Å². The molecule has 0 aliphatic rings. The number of hydrazone groups is 4. The van der Waals surface area contributed by atoms with Crippen molar-refractivity contribution in [1.82, 2.24) is 21.7 Å². The van der Waals surface area contributed by atoms with Crippen LogP contribution in [0.2, 0.25) is 0 Å². The van der Waals surface area contributed by atoms with Crippen molar-refractivity contribution in [2.45, 2.75) is 27.7 Å². The molecule has 3 aromatic carbocycles. The van der Waals surface area contributed by atoms with Crippen molar-refractivity contribution in [3.63, 3.8) is 0 Å².